The first-order valence-electron chi connectivity index (χ1n) is 5.70. The van der Waals surface area contributed by atoms with Gasteiger partial charge in [-0.15, -0.1) is 0 Å². The number of benzene rings is 1. The molecular formula is C11H15F3N2O3S. The number of nitrogens with two attached hydrogens (primary N) is 1. The van der Waals surface area contributed by atoms with Crippen molar-refractivity contribution < 1.29 is 26.3 Å². The van der Waals surface area contributed by atoms with Gasteiger partial charge in [0.15, 0.2) is 0 Å². The Morgan fingerprint density at radius 1 is 1.35 bits per heavy atom. The second kappa shape index (κ2) is 6.31. The van der Waals surface area contributed by atoms with Crippen molar-refractivity contribution >= 4 is 21.4 Å². The number of nitrogen functional groups attached to an aromatic ring is 1. The first-order valence-corrected chi connectivity index (χ1v) is 7.36. The fraction of sp³-hybridized carbons (Fsp3) is 0.455. The van der Waals surface area contributed by atoms with Gasteiger partial charge >= 0.3 is 6.18 Å². The molecule has 0 saturated heterocycles. The topological polar surface area (TPSA) is 81.4 Å². The van der Waals surface area contributed by atoms with E-state index in [9.17, 15) is 21.6 Å². The van der Waals surface area contributed by atoms with Crippen molar-refractivity contribution in [1.82, 2.24) is 0 Å². The molecule has 0 atom stereocenters. The third-order valence-corrected chi connectivity index (χ3v) is 3.58. The summed E-state index contributed by atoms with van der Waals surface area (Å²) < 4.78 is 67.6. The monoisotopic (exact) mass is 312 g/mol. The van der Waals surface area contributed by atoms with Crippen molar-refractivity contribution in [3.63, 3.8) is 0 Å². The minimum absolute atomic E-state index is 0.00757. The second-order valence-electron chi connectivity index (χ2n) is 3.92. The van der Waals surface area contributed by atoms with Crippen molar-refractivity contribution in [2.24, 2.45) is 0 Å². The highest BCUT2D eigenvalue weighted by Gasteiger charge is 2.31. The number of anilines is 2. The van der Waals surface area contributed by atoms with Gasteiger partial charge in [-0.2, -0.15) is 13.2 Å². The number of halogens is 3. The summed E-state index contributed by atoms with van der Waals surface area (Å²) in [6.45, 7) is 2.08. The highest BCUT2D eigenvalue weighted by molar-refractivity contribution is 7.92. The molecule has 0 aliphatic heterocycles. The zero-order chi connectivity index (χ0) is 15.4. The highest BCUT2D eigenvalue weighted by Crippen LogP contribution is 2.33. The average Bonchev–Trinajstić information content (AvgIpc) is 2.30. The van der Waals surface area contributed by atoms with Crippen LogP contribution in [0, 0.1) is 0 Å². The molecule has 0 spiro atoms. The first kappa shape index (κ1) is 16.6. The van der Waals surface area contributed by atoms with Crippen LogP contribution in [-0.4, -0.2) is 27.4 Å². The molecule has 0 heterocycles. The van der Waals surface area contributed by atoms with Gasteiger partial charge in [-0.25, -0.2) is 8.42 Å². The number of hydrogen-bond donors (Lipinski definition) is 2. The zero-order valence-corrected chi connectivity index (χ0v) is 11.5. The van der Waals surface area contributed by atoms with Crippen molar-refractivity contribution in [3.05, 3.63) is 23.8 Å². The van der Waals surface area contributed by atoms with Crippen LogP contribution in [0.5, 0.6) is 0 Å². The van der Waals surface area contributed by atoms with Crippen molar-refractivity contribution in [3.8, 4) is 0 Å². The lowest BCUT2D eigenvalue weighted by Crippen LogP contribution is -2.21. The molecule has 0 fully saturated rings. The van der Waals surface area contributed by atoms with Crippen LogP contribution in [0.15, 0.2) is 18.2 Å². The van der Waals surface area contributed by atoms with Crippen molar-refractivity contribution in [1.29, 1.82) is 0 Å². The number of sulfonamides is 1. The van der Waals surface area contributed by atoms with Crippen LogP contribution in [0.2, 0.25) is 0 Å². The summed E-state index contributed by atoms with van der Waals surface area (Å²) in [7, 11) is -3.71. The summed E-state index contributed by atoms with van der Waals surface area (Å²) in [5.74, 6) is -0.304. The predicted octanol–water partition coefficient (Wildman–Crippen LogP) is 2.07. The van der Waals surface area contributed by atoms with Gasteiger partial charge < -0.3 is 10.5 Å². The van der Waals surface area contributed by atoms with Gasteiger partial charge in [0.1, 0.15) is 0 Å². The maximum absolute atomic E-state index is 12.4. The number of hydrogen-bond acceptors (Lipinski definition) is 4. The van der Waals surface area contributed by atoms with E-state index in [1.807, 2.05) is 0 Å². The Bertz CT molecular complexity index is 559. The predicted molar refractivity (Wildman–Crippen MR) is 69.8 cm³/mol. The van der Waals surface area contributed by atoms with Gasteiger partial charge in [-0.3, -0.25) is 4.72 Å². The SMILES string of the molecule is CCOCCS(=O)(=O)Nc1ccc(C(F)(F)F)cc1N. The summed E-state index contributed by atoms with van der Waals surface area (Å²) in [4.78, 5) is 0. The zero-order valence-electron chi connectivity index (χ0n) is 10.7. The van der Waals surface area contributed by atoms with Crippen LogP contribution in [0.25, 0.3) is 0 Å². The smallest absolute Gasteiger partial charge is 0.397 e. The van der Waals surface area contributed by atoms with E-state index in [2.05, 4.69) is 4.72 Å². The molecule has 0 amide bonds. The van der Waals surface area contributed by atoms with Gasteiger partial charge in [0.05, 0.1) is 29.3 Å². The van der Waals surface area contributed by atoms with Crippen molar-refractivity contribution in [2.45, 2.75) is 13.1 Å². The molecule has 0 radical (unpaired) electrons. The molecule has 0 unspecified atom stereocenters. The molecule has 0 aliphatic carbocycles. The van der Waals surface area contributed by atoms with Gasteiger partial charge in [0.25, 0.3) is 0 Å². The Morgan fingerprint density at radius 3 is 2.50 bits per heavy atom. The van der Waals surface area contributed by atoms with Crippen LogP contribution >= 0.6 is 0 Å². The summed E-state index contributed by atoms with van der Waals surface area (Å²) in [5, 5.41) is 0. The Hall–Kier alpha value is -1.48. The molecule has 3 N–H and O–H groups in total. The molecule has 9 heteroatoms. The molecule has 20 heavy (non-hydrogen) atoms. The molecule has 5 nitrogen and oxygen atoms in total. The van der Waals surface area contributed by atoms with Gasteiger partial charge in [-0.1, -0.05) is 0 Å². The van der Waals surface area contributed by atoms with E-state index in [1.54, 1.807) is 6.92 Å². The van der Waals surface area contributed by atoms with E-state index >= 15 is 0 Å². The largest absolute Gasteiger partial charge is 0.416 e. The first-order chi connectivity index (χ1) is 9.15. The number of nitrogens with one attached hydrogen (secondary N) is 1. The molecule has 114 valence electrons. The molecule has 0 saturated carbocycles. The highest BCUT2D eigenvalue weighted by atomic mass is 32.2. The fourth-order valence-electron chi connectivity index (χ4n) is 1.36. The summed E-state index contributed by atoms with van der Waals surface area (Å²) in [6.07, 6.45) is -4.53. The Labute approximate surface area is 115 Å². The van der Waals surface area contributed by atoms with Crippen molar-refractivity contribution in [2.75, 3.05) is 29.4 Å². The third kappa shape index (κ3) is 4.89. The van der Waals surface area contributed by atoms with Crippen LogP contribution in [-0.2, 0) is 20.9 Å². The van der Waals surface area contributed by atoms with E-state index in [0.717, 1.165) is 12.1 Å². The lowest BCUT2D eigenvalue weighted by Gasteiger charge is -2.13. The molecule has 1 aromatic carbocycles. The fourth-order valence-corrected chi connectivity index (χ4v) is 2.32. The summed E-state index contributed by atoms with van der Waals surface area (Å²) in [5.41, 5.74) is 4.10. The van der Waals surface area contributed by atoms with Crippen LogP contribution in [0.1, 0.15) is 12.5 Å². The van der Waals surface area contributed by atoms with E-state index < -0.39 is 21.8 Å². The van der Waals surface area contributed by atoms with Gasteiger partial charge in [0.2, 0.25) is 10.0 Å². The quantitative estimate of drug-likeness (QED) is 0.622. The van der Waals surface area contributed by atoms with E-state index in [0.29, 0.717) is 12.7 Å². The van der Waals surface area contributed by atoms with Crippen LogP contribution in [0.3, 0.4) is 0 Å². The number of ether oxygens (including phenoxy) is 1. The lowest BCUT2D eigenvalue weighted by atomic mass is 10.2. The summed E-state index contributed by atoms with van der Waals surface area (Å²) >= 11 is 0. The van der Waals surface area contributed by atoms with Crippen LogP contribution < -0.4 is 10.5 Å². The molecule has 0 aromatic heterocycles. The summed E-state index contributed by atoms with van der Waals surface area (Å²) in [6, 6.07) is 2.42. The second-order valence-corrected chi connectivity index (χ2v) is 5.76. The van der Waals surface area contributed by atoms with Crippen LogP contribution in [0.4, 0.5) is 24.5 Å². The van der Waals surface area contributed by atoms with E-state index in [4.69, 9.17) is 10.5 Å². The standard InChI is InChI=1S/C11H15F3N2O3S/c1-2-19-5-6-20(17,18)16-10-4-3-8(7-9(10)15)11(12,13)14/h3-4,7,16H,2,5-6,15H2,1H3. The number of alkyl halides is 3. The molecule has 0 aliphatic rings. The molecule has 0 bridgehead atoms. The molecular weight excluding hydrogens is 297 g/mol. The third-order valence-electron chi connectivity index (χ3n) is 2.34. The average molecular weight is 312 g/mol. The van der Waals surface area contributed by atoms with E-state index in [-0.39, 0.29) is 23.7 Å². The maximum atomic E-state index is 12.4. The Kier molecular flexibility index (Phi) is 5.23. The number of rotatable bonds is 6. The molecule has 1 aromatic rings. The van der Waals surface area contributed by atoms with E-state index in [1.165, 1.54) is 0 Å². The lowest BCUT2D eigenvalue weighted by molar-refractivity contribution is -0.137. The van der Waals surface area contributed by atoms with Gasteiger partial charge in [-0.05, 0) is 25.1 Å². The maximum Gasteiger partial charge on any atom is 0.416 e. The minimum Gasteiger partial charge on any atom is -0.397 e. The normalized spacial score (nSPS) is 12.4. The Morgan fingerprint density at radius 2 is 2.00 bits per heavy atom. The Balaban J connectivity index is 2.83. The van der Waals surface area contributed by atoms with Gasteiger partial charge in [0, 0.05) is 6.61 Å². The minimum atomic E-state index is -4.53. The molecule has 1 rings (SSSR count).